The molecule has 2 atom stereocenters. The zero-order valence-electron chi connectivity index (χ0n) is 11.5. The molecule has 0 saturated carbocycles. The van der Waals surface area contributed by atoms with Gasteiger partial charge in [-0.15, -0.1) is 0 Å². The van der Waals surface area contributed by atoms with Crippen LogP contribution in [-0.2, 0) is 13.0 Å². The Morgan fingerprint density at radius 2 is 1.67 bits per heavy atom. The second kappa shape index (κ2) is 4.40. The first-order valence-corrected chi connectivity index (χ1v) is 7.23. The number of hydrogen-bond acceptors (Lipinski definition) is 4. The lowest BCUT2D eigenvalue weighted by Gasteiger charge is -2.39. The third-order valence-corrected chi connectivity index (χ3v) is 4.72. The molecule has 1 aliphatic carbocycles. The summed E-state index contributed by atoms with van der Waals surface area (Å²) in [6, 6.07) is 9.12. The molecule has 1 heterocycles. The fourth-order valence-corrected chi connectivity index (χ4v) is 3.71. The van der Waals surface area contributed by atoms with Gasteiger partial charge in [-0.25, -0.2) is 0 Å². The van der Waals surface area contributed by atoms with Crippen LogP contribution in [0.5, 0.6) is 17.2 Å². The largest absolute Gasteiger partial charge is 0.508 e. The maximum absolute atomic E-state index is 9.85. The molecule has 0 saturated heterocycles. The molecule has 0 bridgehead atoms. The number of nitrogens with one attached hydrogen (secondary N) is 1. The van der Waals surface area contributed by atoms with Gasteiger partial charge in [0.25, 0.3) is 0 Å². The third kappa shape index (κ3) is 1.87. The third-order valence-electron chi connectivity index (χ3n) is 4.72. The van der Waals surface area contributed by atoms with Crippen LogP contribution in [0.4, 0.5) is 0 Å². The normalized spacial score (nSPS) is 23.0. The Morgan fingerprint density at radius 1 is 0.905 bits per heavy atom. The molecular weight excluding hydrogens is 266 g/mol. The molecule has 4 heteroatoms. The summed E-state index contributed by atoms with van der Waals surface area (Å²) in [5.74, 6) is 0.231. The van der Waals surface area contributed by atoms with Gasteiger partial charge in [-0.2, -0.15) is 0 Å². The molecule has 4 nitrogen and oxygen atoms in total. The molecule has 2 aromatic carbocycles. The van der Waals surface area contributed by atoms with E-state index in [2.05, 4.69) is 5.32 Å². The molecule has 2 aromatic rings. The van der Waals surface area contributed by atoms with Gasteiger partial charge < -0.3 is 20.6 Å². The standard InChI is InChI=1S/C17H17NO3/c19-11-3-1-10-8-18-14-4-2-9-5-15(20)16(21)7-13(9)17(14)12(10)6-11/h1,3,5-7,14,17-21H,2,4,8H2/t14-,17-/m1/s1. The van der Waals surface area contributed by atoms with Gasteiger partial charge in [-0.3, -0.25) is 0 Å². The van der Waals surface area contributed by atoms with Crippen LogP contribution in [0.25, 0.3) is 0 Å². The molecule has 0 radical (unpaired) electrons. The minimum Gasteiger partial charge on any atom is -0.508 e. The molecule has 0 spiro atoms. The zero-order chi connectivity index (χ0) is 14.6. The van der Waals surface area contributed by atoms with Crippen molar-refractivity contribution < 1.29 is 15.3 Å². The highest BCUT2D eigenvalue weighted by atomic mass is 16.3. The molecule has 0 amide bonds. The number of benzene rings is 2. The highest BCUT2D eigenvalue weighted by Gasteiger charge is 2.35. The lowest BCUT2D eigenvalue weighted by Crippen LogP contribution is -2.42. The first-order valence-electron chi connectivity index (χ1n) is 7.23. The predicted molar refractivity (Wildman–Crippen MR) is 78.7 cm³/mol. The topological polar surface area (TPSA) is 72.7 Å². The Balaban J connectivity index is 1.92. The minimum atomic E-state index is -0.0818. The summed E-state index contributed by atoms with van der Waals surface area (Å²) in [6.07, 6.45) is 1.86. The van der Waals surface area contributed by atoms with E-state index in [1.54, 1.807) is 18.2 Å². The summed E-state index contributed by atoms with van der Waals surface area (Å²) in [5, 5.41) is 32.9. The number of aromatic hydroxyl groups is 3. The van der Waals surface area contributed by atoms with Crippen LogP contribution in [0.15, 0.2) is 30.3 Å². The fraction of sp³-hybridized carbons (Fsp3) is 0.294. The highest BCUT2D eigenvalue weighted by Crippen LogP contribution is 2.44. The second-order valence-electron chi connectivity index (χ2n) is 5.93. The molecule has 21 heavy (non-hydrogen) atoms. The molecular formula is C17H17NO3. The summed E-state index contributed by atoms with van der Waals surface area (Å²) in [7, 11) is 0. The van der Waals surface area contributed by atoms with E-state index in [1.165, 1.54) is 5.56 Å². The lowest BCUT2D eigenvalue weighted by molar-refractivity contribution is 0.378. The van der Waals surface area contributed by atoms with E-state index >= 15 is 0 Å². The smallest absolute Gasteiger partial charge is 0.157 e. The van der Waals surface area contributed by atoms with Crippen LogP contribution >= 0.6 is 0 Å². The van der Waals surface area contributed by atoms with Crippen molar-refractivity contribution in [1.29, 1.82) is 0 Å². The Bertz CT molecular complexity index is 726. The monoisotopic (exact) mass is 283 g/mol. The average Bonchev–Trinajstić information content (AvgIpc) is 2.48. The Kier molecular flexibility index (Phi) is 2.62. The van der Waals surface area contributed by atoms with Crippen LogP contribution in [0.2, 0.25) is 0 Å². The number of phenolic OH excluding ortho intramolecular Hbond substituents is 3. The van der Waals surface area contributed by atoms with E-state index in [0.717, 1.165) is 36.1 Å². The quantitative estimate of drug-likeness (QED) is 0.560. The SMILES string of the molecule is Oc1ccc2c(c1)[C@@H]1c3cc(O)c(O)cc3CC[C@H]1NC2. The van der Waals surface area contributed by atoms with Crippen LogP contribution in [-0.4, -0.2) is 21.4 Å². The minimum absolute atomic E-state index is 0.0629. The van der Waals surface area contributed by atoms with Crippen LogP contribution in [0.3, 0.4) is 0 Å². The summed E-state index contributed by atoms with van der Waals surface area (Å²) in [5.41, 5.74) is 4.41. The van der Waals surface area contributed by atoms with E-state index in [1.807, 2.05) is 12.1 Å². The van der Waals surface area contributed by atoms with E-state index in [9.17, 15) is 15.3 Å². The van der Waals surface area contributed by atoms with E-state index in [-0.39, 0.29) is 23.2 Å². The Morgan fingerprint density at radius 3 is 2.52 bits per heavy atom. The molecule has 2 aliphatic rings. The van der Waals surface area contributed by atoms with E-state index < -0.39 is 0 Å². The Hall–Kier alpha value is -2.20. The van der Waals surface area contributed by atoms with Gasteiger partial charge in [0.05, 0.1) is 0 Å². The van der Waals surface area contributed by atoms with Gasteiger partial charge in [0, 0.05) is 18.5 Å². The Labute approximate surface area is 122 Å². The highest BCUT2D eigenvalue weighted by molar-refractivity contribution is 5.54. The molecule has 4 rings (SSSR count). The second-order valence-corrected chi connectivity index (χ2v) is 5.93. The fourth-order valence-electron chi connectivity index (χ4n) is 3.71. The van der Waals surface area contributed by atoms with Crippen molar-refractivity contribution >= 4 is 0 Å². The van der Waals surface area contributed by atoms with Gasteiger partial charge in [0.15, 0.2) is 11.5 Å². The van der Waals surface area contributed by atoms with E-state index in [4.69, 9.17) is 0 Å². The summed E-state index contributed by atoms with van der Waals surface area (Å²) >= 11 is 0. The van der Waals surface area contributed by atoms with Crippen molar-refractivity contribution in [2.45, 2.75) is 31.3 Å². The molecule has 108 valence electrons. The number of aryl methyl sites for hydroxylation is 1. The summed E-state index contributed by atoms with van der Waals surface area (Å²) in [4.78, 5) is 0. The number of fused-ring (bicyclic) bond motifs is 5. The van der Waals surface area contributed by atoms with Gasteiger partial charge in [0.1, 0.15) is 5.75 Å². The van der Waals surface area contributed by atoms with Crippen LogP contribution < -0.4 is 5.32 Å². The van der Waals surface area contributed by atoms with Crippen molar-refractivity contribution in [3.8, 4) is 17.2 Å². The first kappa shape index (κ1) is 12.5. The average molecular weight is 283 g/mol. The maximum Gasteiger partial charge on any atom is 0.157 e. The van der Waals surface area contributed by atoms with Crippen molar-refractivity contribution in [1.82, 2.24) is 5.32 Å². The summed E-state index contributed by atoms with van der Waals surface area (Å²) in [6.45, 7) is 0.802. The number of rotatable bonds is 0. The molecule has 1 aliphatic heterocycles. The number of phenols is 3. The van der Waals surface area contributed by atoms with Crippen molar-refractivity contribution in [2.75, 3.05) is 0 Å². The van der Waals surface area contributed by atoms with Gasteiger partial charge in [0.2, 0.25) is 0 Å². The maximum atomic E-state index is 9.85. The van der Waals surface area contributed by atoms with Gasteiger partial charge in [-0.05, 0) is 59.4 Å². The van der Waals surface area contributed by atoms with Gasteiger partial charge >= 0.3 is 0 Å². The molecule has 0 unspecified atom stereocenters. The van der Waals surface area contributed by atoms with Crippen molar-refractivity contribution in [3.63, 3.8) is 0 Å². The first-order chi connectivity index (χ1) is 10.1. The van der Waals surface area contributed by atoms with Crippen molar-refractivity contribution in [2.24, 2.45) is 0 Å². The van der Waals surface area contributed by atoms with Gasteiger partial charge in [-0.1, -0.05) is 6.07 Å². The molecule has 4 N–H and O–H groups in total. The number of hydrogen-bond donors (Lipinski definition) is 4. The van der Waals surface area contributed by atoms with Crippen LogP contribution in [0, 0.1) is 0 Å². The predicted octanol–water partition coefficient (Wildman–Crippen LogP) is 2.35. The molecule has 0 fully saturated rings. The van der Waals surface area contributed by atoms with Crippen molar-refractivity contribution in [3.05, 3.63) is 52.6 Å². The lowest BCUT2D eigenvalue weighted by atomic mass is 9.72. The molecule has 0 aromatic heterocycles. The van der Waals surface area contributed by atoms with Crippen LogP contribution in [0.1, 0.15) is 34.6 Å². The van der Waals surface area contributed by atoms with E-state index in [0.29, 0.717) is 6.04 Å². The zero-order valence-corrected chi connectivity index (χ0v) is 11.5. The summed E-state index contributed by atoms with van der Waals surface area (Å²) < 4.78 is 0.